The summed E-state index contributed by atoms with van der Waals surface area (Å²) in [6.07, 6.45) is 3.52. The molecule has 1 aliphatic rings. The number of benzene rings is 2. The van der Waals surface area contributed by atoms with Gasteiger partial charge in [0, 0.05) is 18.7 Å². The summed E-state index contributed by atoms with van der Waals surface area (Å²) in [6, 6.07) is 13.0. The van der Waals surface area contributed by atoms with Crippen LogP contribution in [0, 0.1) is 13.8 Å². The molecule has 1 atom stereocenters. The minimum Gasteiger partial charge on any atom is -0.497 e. The number of carbonyl (C=O) groups excluding carboxylic acids is 2. The number of nitrogens with one attached hydrogen (secondary N) is 1. The zero-order chi connectivity index (χ0) is 22.2. The fourth-order valence-electron chi connectivity index (χ4n) is 3.80. The van der Waals surface area contributed by atoms with Crippen molar-refractivity contribution in [2.45, 2.75) is 52.0 Å². The second kappa shape index (κ2) is 10.8. The molecule has 6 nitrogen and oxygen atoms in total. The van der Waals surface area contributed by atoms with E-state index in [4.69, 9.17) is 9.47 Å². The summed E-state index contributed by atoms with van der Waals surface area (Å²) in [5.41, 5.74) is 2.99. The molecule has 1 N–H and O–H groups in total. The zero-order valence-corrected chi connectivity index (χ0v) is 18.6. The Kier molecular flexibility index (Phi) is 7.93. The predicted molar refractivity (Wildman–Crippen MR) is 122 cm³/mol. The summed E-state index contributed by atoms with van der Waals surface area (Å²) in [6.45, 7) is 5.29. The van der Waals surface area contributed by atoms with Gasteiger partial charge in [-0.2, -0.15) is 0 Å². The number of amides is 2. The highest BCUT2D eigenvalue weighted by Gasteiger charge is 2.33. The van der Waals surface area contributed by atoms with Crippen molar-refractivity contribution < 1.29 is 19.1 Å². The van der Waals surface area contributed by atoms with Gasteiger partial charge in [0.2, 0.25) is 11.8 Å². The largest absolute Gasteiger partial charge is 0.497 e. The van der Waals surface area contributed by atoms with Gasteiger partial charge in [-0.15, -0.1) is 0 Å². The maximum Gasteiger partial charge on any atom is 0.247 e. The van der Waals surface area contributed by atoms with E-state index in [1.54, 1.807) is 36.3 Å². The molecule has 0 aromatic heterocycles. The number of ether oxygens (including phenoxy) is 2. The van der Waals surface area contributed by atoms with E-state index in [0.717, 1.165) is 36.3 Å². The zero-order valence-electron chi connectivity index (χ0n) is 18.6. The highest BCUT2D eigenvalue weighted by atomic mass is 16.5. The molecule has 0 spiro atoms. The average molecular weight is 425 g/mol. The first kappa shape index (κ1) is 22.7. The van der Waals surface area contributed by atoms with E-state index in [2.05, 4.69) is 17.4 Å². The number of likely N-dealkylation sites (tertiary alicyclic amines) is 1. The first-order chi connectivity index (χ1) is 15.0. The third-order valence-corrected chi connectivity index (χ3v) is 5.62. The molecule has 3 rings (SSSR count). The third kappa shape index (κ3) is 6.23. The lowest BCUT2D eigenvalue weighted by atomic mass is 10.1. The lowest BCUT2D eigenvalue weighted by Gasteiger charge is -2.24. The highest BCUT2D eigenvalue weighted by molar-refractivity contribution is 5.97. The Morgan fingerprint density at radius 2 is 1.87 bits per heavy atom. The van der Waals surface area contributed by atoms with E-state index >= 15 is 0 Å². The van der Waals surface area contributed by atoms with Crippen molar-refractivity contribution in [2.75, 3.05) is 25.6 Å². The van der Waals surface area contributed by atoms with E-state index in [1.165, 1.54) is 5.56 Å². The van der Waals surface area contributed by atoms with E-state index < -0.39 is 6.04 Å². The van der Waals surface area contributed by atoms with Gasteiger partial charge in [-0.3, -0.25) is 9.59 Å². The van der Waals surface area contributed by atoms with E-state index in [-0.39, 0.29) is 11.8 Å². The summed E-state index contributed by atoms with van der Waals surface area (Å²) in [7, 11) is 1.60. The van der Waals surface area contributed by atoms with Crippen LogP contribution in [0.3, 0.4) is 0 Å². The molecule has 2 aromatic rings. The van der Waals surface area contributed by atoms with Gasteiger partial charge in [0.25, 0.3) is 0 Å². The van der Waals surface area contributed by atoms with Gasteiger partial charge < -0.3 is 19.7 Å². The van der Waals surface area contributed by atoms with Gasteiger partial charge in [0.15, 0.2) is 0 Å². The molecular weight excluding hydrogens is 392 g/mol. The monoisotopic (exact) mass is 424 g/mol. The molecule has 1 saturated heterocycles. The van der Waals surface area contributed by atoms with Gasteiger partial charge in [0.05, 0.1) is 13.7 Å². The number of methoxy groups -OCH3 is 1. The Balaban J connectivity index is 1.43. The van der Waals surface area contributed by atoms with Crippen LogP contribution in [0.25, 0.3) is 0 Å². The van der Waals surface area contributed by atoms with Crippen LogP contribution in [0.5, 0.6) is 11.5 Å². The number of hydrogen-bond donors (Lipinski definition) is 1. The molecule has 1 heterocycles. The second-order valence-corrected chi connectivity index (χ2v) is 8.04. The Morgan fingerprint density at radius 1 is 1.10 bits per heavy atom. The van der Waals surface area contributed by atoms with Crippen LogP contribution in [0.15, 0.2) is 42.5 Å². The molecule has 31 heavy (non-hydrogen) atoms. The second-order valence-electron chi connectivity index (χ2n) is 8.04. The first-order valence-corrected chi connectivity index (χ1v) is 10.9. The smallest absolute Gasteiger partial charge is 0.247 e. The van der Waals surface area contributed by atoms with Crippen LogP contribution in [0.4, 0.5) is 5.69 Å². The maximum absolute atomic E-state index is 12.7. The Morgan fingerprint density at radius 3 is 2.61 bits per heavy atom. The Labute approximate surface area is 184 Å². The lowest BCUT2D eigenvalue weighted by Crippen LogP contribution is -2.43. The number of hydrogen-bond acceptors (Lipinski definition) is 4. The normalized spacial score (nSPS) is 15.6. The van der Waals surface area contributed by atoms with Gasteiger partial charge >= 0.3 is 0 Å². The highest BCUT2D eigenvalue weighted by Crippen LogP contribution is 2.23. The van der Waals surface area contributed by atoms with Gasteiger partial charge in [-0.25, -0.2) is 0 Å². The van der Waals surface area contributed by atoms with Crippen LogP contribution in [-0.2, 0) is 9.59 Å². The summed E-state index contributed by atoms with van der Waals surface area (Å²) in [4.78, 5) is 27.2. The van der Waals surface area contributed by atoms with Crippen molar-refractivity contribution in [3.63, 3.8) is 0 Å². The van der Waals surface area contributed by atoms with Crippen molar-refractivity contribution in [1.82, 2.24) is 4.90 Å². The Bertz CT molecular complexity index is 895. The van der Waals surface area contributed by atoms with Crippen molar-refractivity contribution in [2.24, 2.45) is 0 Å². The van der Waals surface area contributed by atoms with Crippen LogP contribution in [0.2, 0.25) is 0 Å². The Hall–Kier alpha value is -3.02. The van der Waals surface area contributed by atoms with Gasteiger partial charge in [-0.1, -0.05) is 12.1 Å². The molecule has 0 radical (unpaired) electrons. The van der Waals surface area contributed by atoms with E-state index in [1.807, 2.05) is 19.9 Å². The molecule has 0 bridgehead atoms. The molecule has 2 amide bonds. The SMILES string of the molecule is COc1ccc(NC(=O)C2CCCN2C(=O)CCCCOc2cc(C)ccc2C)cc1. The van der Waals surface area contributed by atoms with Crippen molar-refractivity contribution in [1.29, 1.82) is 0 Å². The fourth-order valence-corrected chi connectivity index (χ4v) is 3.80. The minimum absolute atomic E-state index is 0.0408. The average Bonchev–Trinajstić information content (AvgIpc) is 3.26. The molecule has 1 aliphatic heterocycles. The van der Waals surface area contributed by atoms with Crippen molar-refractivity contribution in [3.8, 4) is 11.5 Å². The third-order valence-electron chi connectivity index (χ3n) is 5.62. The number of nitrogens with zero attached hydrogens (tertiary/aromatic N) is 1. The minimum atomic E-state index is -0.402. The first-order valence-electron chi connectivity index (χ1n) is 10.9. The summed E-state index contributed by atoms with van der Waals surface area (Å²) >= 11 is 0. The molecule has 0 saturated carbocycles. The van der Waals surface area contributed by atoms with E-state index in [9.17, 15) is 9.59 Å². The standard InChI is InChI=1S/C25H32N2O4/c1-18-9-10-19(2)23(17-18)31-16-5-4-8-24(28)27-15-6-7-22(27)25(29)26-20-11-13-21(30-3)14-12-20/h9-14,17,22H,4-8,15-16H2,1-3H3,(H,26,29). The predicted octanol–water partition coefficient (Wildman–Crippen LogP) is 4.49. The van der Waals surface area contributed by atoms with Crippen LogP contribution < -0.4 is 14.8 Å². The number of anilines is 1. The molecule has 2 aromatic carbocycles. The molecule has 6 heteroatoms. The van der Waals surface area contributed by atoms with Crippen LogP contribution in [-0.4, -0.2) is 43.0 Å². The molecule has 166 valence electrons. The fraction of sp³-hybridized carbons (Fsp3) is 0.440. The number of aryl methyl sites for hydroxylation is 2. The molecule has 1 fully saturated rings. The van der Waals surface area contributed by atoms with Crippen LogP contribution >= 0.6 is 0 Å². The topological polar surface area (TPSA) is 67.9 Å². The van der Waals surface area contributed by atoms with Crippen molar-refractivity contribution >= 4 is 17.5 Å². The molecule has 0 aliphatic carbocycles. The molecular formula is C25H32N2O4. The summed E-state index contributed by atoms with van der Waals surface area (Å²) in [5.74, 6) is 1.55. The number of carbonyl (C=O) groups is 2. The molecule has 1 unspecified atom stereocenters. The summed E-state index contributed by atoms with van der Waals surface area (Å²) in [5, 5.41) is 2.92. The maximum atomic E-state index is 12.7. The number of rotatable bonds is 9. The van der Waals surface area contributed by atoms with Crippen LogP contribution in [0.1, 0.15) is 43.2 Å². The van der Waals surface area contributed by atoms with Gasteiger partial charge in [-0.05, 0) is 81.0 Å². The summed E-state index contributed by atoms with van der Waals surface area (Å²) < 4.78 is 11.0. The lowest BCUT2D eigenvalue weighted by molar-refractivity contribution is -0.136. The van der Waals surface area contributed by atoms with Crippen molar-refractivity contribution in [3.05, 3.63) is 53.6 Å². The number of unbranched alkanes of at least 4 members (excludes halogenated alkanes) is 1. The quantitative estimate of drug-likeness (QED) is 0.602. The van der Waals surface area contributed by atoms with E-state index in [0.29, 0.717) is 31.7 Å². The van der Waals surface area contributed by atoms with Gasteiger partial charge in [0.1, 0.15) is 17.5 Å².